The van der Waals surface area contributed by atoms with Gasteiger partial charge in [0, 0.05) is 48.7 Å². The lowest BCUT2D eigenvalue weighted by Gasteiger charge is -2.39. The van der Waals surface area contributed by atoms with Gasteiger partial charge in [0.25, 0.3) is 5.91 Å². The first kappa shape index (κ1) is 18.4. The number of halogens is 1. The Morgan fingerprint density at radius 2 is 2.08 bits per heavy atom. The van der Waals surface area contributed by atoms with Crippen molar-refractivity contribution in [2.75, 3.05) is 26.2 Å². The molecule has 1 aromatic heterocycles. The molecule has 7 nitrogen and oxygen atoms in total. The molecule has 1 aliphatic rings. The second-order valence-electron chi connectivity index (χ2n) is 6.09. The number of carbonyl (C=O) groups excluding carboxylic acids is 2. The smallest absolute Gasteiger partial charge is 0.330 e. The molecule has 1 amide bonds. The van der Waals surface area contributed by atoms with Crippen LogP contribution in [-0.2, 0) is 16.1 Å². The molecule has 1 N–H and O–H groups in total. The molecule has 0 spiro atoms. The number of carbonyl (C=O) groups is 2. The Hall–Kier alpha value is -2.38. The molecule has 0 saturated carbocycles. The average Bonchev–Trinajstić information content (AvgIpc) is 3.15. The van der Waals surface area contributed by atoms with E-state index in [0.29, 0.717) is 36.8 Å². The summed E-state index contributed by atoms with van der Waals surface area (Å²) >= 11 is 5.90. The van der Waals surface area contributed by atoms with E-state index in [0.717, 1.165) is 5.69 Å². The first-order valence-electron chi connectivity index (χ1n) is 8.51. The summed E-state index contributed by atoms with van der Waals surface area (Å²) in [6, 6.07) is 6.04. The van der Waals surface area contributed by atoms with Crippen LogP contribution in [0.3, 0.4) is 0 Å². The van der Waals surface area contributed by atoms with Gasteiger partial charge in [0.1, 0.15) is 6.04 Å². The molecule has 1 aliphatic heterocycles. The number of nitrogens with one attached hydrogen (secondary N) is 1. The lowest BCUT2D eigenvalue weighted by atomic mass is 10.1. The van der Waals surface area contributed by atoms with Crippen molar-refractivity contribution in [1.29, 1.82) is 0 Å². The van der Waals surface area contributed by atoms with Crippen LogP contribution in [0.2, 0.25) is 5.02 Å². The van der Waals surface area contributed by atoms with Crippen molar-refractivity contribution in [3.05, 3.63) is 53.1 Å². The first-order valence-corrected chi connectivity index (χ1v) is 8.89. The van der Waals surface area contributed by atoms with Gasteiger partial charge in [0.2, 0.25) is 0 Å². The normalized spacial score (nSPS) is 17.9. The maximum atomic E-state index is 12.9. The molecule has 0 aliphatic carbocycles. The van der Waals surface area contributed by atoms with Gasteiger partial charge in [-0.25, -0.2) is 9.78 Å². The fourth-order valence-electron chi connectivity index (χ4n) is 3.04. The van der Waals surface area contributed by atoms with Gasteiger partial charge in [-0.2, -0.15) is 0 Å². The van der Waals surface area contributed by atoms with Gasteiger partial charge in [-0.3, -0.25) is 9.69 Å². The van der Waals surface area contributed by atoms with Crippen molar-refractivity contribution in [2.45, 2.75) is 19.5 Å². The molecule has 0 radical (unpaired) electrons. The van der Waals surface area contributed by atoms with E-state index in [1.807, 2.05) is 0 Å². The highest BCUT2D eigenvalue weighted by Gasteiger charge is 2.36. The summed E-state index contributed by atoms with van der Waals surface area (Å²) in [5.41, 5.74) is 1.47. The molecule has 8 heteroatoms. The fourth-order valence-corrected chi connectivity index (χ4v) is 3.16. The van der Waals surface area contributed by atoms with E-state index in [4.69, 9.17) is 16.3 Å². The number of esters is 1. The van der Waals surface area contributed by atoms with Crippen LogP contribution in [0.15, 0.2) is 36.8 Å². The van der Waals surface area contributed by atoms with E-state index in [-0.39, 0.29) is 18.5 Å². The summed E-state index contributed by atoms with van der Waals surface area (Å²) in [5, 5.41) is 0.563. The minimum absolute atomic E-state index is 0.194. The van der Waals surface area contributed by atoms with Crippen molar-refractivity contribution in [1.82, 2.24) is 19.8 Å². The summed E-state index contributed by atoms with van der Waals surface area (Å²) in [6.07, 6.45) is 3.38. The van der Waals surface area contributed by atoms with Crippen LogP contribution >= 0.6 is 11.6 Å². The van der Waals surface area contributed by atoms with Gasteiger partial charge >= 0.3 is 5.97 Å². The fraction of sp³-hybridized carbons (Fsp3) is 0.389. The third kappa shape index (κ3) is 4.23. The third-order valence-electron chi connectivity index (χ3n) is 4.32. The van der Waals surface area contributed by atoms with E-state index in [2.05, 4.69) is 14.9 Å². The van der Waals surface area contributed by atoms with Crippen molar-refractivity contribution in [3.63, 3.8) is 0 Å². The molecule has 2 aromatic rings. The highest BCUT2D eigenvalue weighted by Crippen LogP contribution is 2.18. The number of aromatic amines is 1. The zero-order valence-corrected chi connectivity index (χ0v) is 15.3. The maximum absolute atomic E-state index is 12.9. The predicted octanol–water partition coefficient (Wildman–Crippen LogP) is 1.95. The molecule has 1 fully saturated rings. The standard InChI is InChI=1S/C18H21ClN4O3/c1-2-26-18(25)16-11-22(10-15-9-20-12-21-15)7-8-23(16)17(24)13-3-5-14(19)6-4-13/h3-6,9,12,16H,2,7-8,10-11H2,1H3,(H,20,21). The molecular weight excluding hydrogens is 356 g/mol. The SMILES string of the molecule is CCOC(=O)C1CN(Cc2cnc[nH]2)CCN1C(=O)c1ccc(Cl)cc1. The number of imidazole rings is 1. The maximum Gasteiger partial charge on any atom is 0.330 e. The van der Waals surface area contributed by atoms with Crippen LogP contribution in [0.4, 0.5) is 0 Å². The largest absolute Gasteiger partial charge is 0.464 e. The number of aromatic nitrogens is 2. The molecule has 2 heterocycles. The molecular formula is C18H21ClN4O3. The second-order valence-corrected chi connectivity index (χ2v) is 6.52. The van der Waals surface area contributed by atoms with E-state index < -0.39 is 6.04 Å². The Kier molecular flexibility index (Phi) is 5.90. The number of H-pyrrole nitrogens is 1. The Morgan fingerprint density at radius 1 is 1.31 bits per heavy atom. The Morgan fingerprint density at radius 3 is 2.73 bits per heavy atom. The van der Waals surface area contributed by atoms with Crippen molar-refractivity contribution in [3.8, 4) is 0 Å². The highest BCUT2D eigenvalue weighted by molar-refractivity contribution is 6.30. The number of rotatable bonds is 5. The molecule has 1 aromatic carbocycles. The monoisotopic (exact) mass is 376 g/mol. The summed E-state index contributed by atoms with van der Waals surface area (Å²) in [4.78, 5) is 36.1. The van der Waals surface area contributed by atoms with Crippen LogP contribution in [0, 0.1) is 0 Å². The molecule has 1 unspecified atom stereocenters. The quantitative estimate of drug-likeness (QED) is 0.807. The Balaban J connectivity index is 1.76. The summed E-state index contributed by atoms with van der Waals surface area (Å²) in [6.45, 7) is 4.19. The number of hydrogen-bond acceptors (Lipinski definition) is 5. The number of hydrogen-bond donors (Lipinski definition) is 1. The van der Waals surface area contributed by atoms with Gasteiger partial charge < -0.3 is 14.6 Å². The lowest BCUT2D eigenvalue weighted by molar-refractivity contribution is -0.150. The van der Waals surface area contributed by atoms with Gasteiger partial charge in [0.05, 0.1) is 12.9 Å². The van der Waals surface area contributed by atoms with Crippen LogP contribution in [0.1, 0.15) is 23.0 Å². The minimum atomic E-state index is -0.644. The number of ether oxygens (including phenoxy) is 1. The minimum Gasteiger partial charge on any atom is -0.464 e. The van der Waals surface area contributed by atoms with Crippen molar-refractivity contribution >= 4 is 23.5 Å². The Labute approximate surface area is 156 Å². The van der Waals surface area contributed by atoms with E-state index >= 15 is 0 Å². The van der Waals surface area contributed by atoms with Crippen LogP contribution in [-0.4, -0.2) is 63.9 Å². The topological polar surface area (TPSA) is 78.5 Å². The summed E-state index contributed by atoms with van der Waals surface area (Å²) in [5.74, 6) is -0.579. The van der Waals surface area contributed by atoms with Crippen LogP contribution in [0.25, 0.3) is 0 Å². The number of piperazine rings is 1. The molecule has 26 heavy (non-hydrogen) atoms. The van der Waals surface area contributed by atoms with Crippen LogP contribution < -0.4 is 0 Å². The van der Waals surface area contributed by atoms with Gasteiger partial charge in [-0.15, -0.1) is 0 Å². The van der Waals surface area contributed by atoms with Gasteiger partial charge in [0.15, 0.2) is 0 Å². The molecule has 138 valence electrons. The van der Waals surface area contributed by atoms with Gasteiger partial charge in [-0.1, -0.05) is 11.6 Å². The molecule has 1 saturated heterocycles. The number of benzene rings is 1. The van der Waals surface area contributed by atoms with Crippen molar-refractivity contribution < 1.29 is 14.3 Å². The molecule has 0 bridgehead atoms. The van der Waals surface area contributed by atoms with E-state index in [1.165, 1.54) is 0 Å². The van der Waals surface area contributed by atoms with Crippen LogP contribution in [0.5, 0.6) is 0 Å². The predicted molar refractivity (Wildman–Crippen MR) is 96.8 cm³/mol. The molecule has 3 rings (SSSR count). The molecule has 1 atom stereocenters. The summed E-state index contributed by atoms with van der Waals surface area (Å²) < 4.78 is 5.20. The average molecular weight is 377 g/mol. The number of amides is 1. The van der Waals surface area contributed by atoms with E-state index in [1.54, 1.807) is 48.6 Å². The lowest BCUT2D eigenvalue weighted by Crippen LogP contribution is -2.58. The second kappa shape index (κ2) is 8.33. The van der Waals surface area contributed by atoms with E-state index in [9.17, 15) is 9.59 Å². The summed E-state index contributed by atoms with van der Waals surface area (Å²) in [7, 11) is 0. The number of nitrogens with zero attached hydrogens (tertiary/aromatic N) is 3. The third-order valence-corrected chi connectivity index (χ3v) is 4.58. The van der Waals surface area contributed by atoms with Gasteiger partial charge in [-0.05, 0) is 31.2 Å². The zero-order chi connectivity index (χ0) is 18.5. The first-order chi connectivity index (χ1) is 12.6. The zero-order valence-electron chi connectivity index (χ0n) is 14.5. The Bertz CT molecular complexity index is 748. The van der Waals surface area contributed by atoms with Crippen molar-refractivity contribution in [2.24, 2.45) is 0 Å². The highest BCUT2D eigenvalue weighted by atomic mass is 35.5.